The van der Waals surface area contributed by atoms with Gasteiger partial charge < -0.3 is 9.67 Å². The maximum atomic E-state index is 10.0. The van der Waals surface area contributed by atoms with E-state index in [0.717, 1.165) is 18.5 Å². The number of rotatable bonds is 5. The zero-order valence-electron chi connectivity index (χ0n) is 9.76. The van der Waals surface area contributed by atoms with Gasteiger partial charge in [-0.25, -0.2) is 4.98 Å². The summed E-state index contributed by atoms with van der Waals surface area (Å²) in [4.78, 5) is 3.97. The summed E-state index contributed by atoms with van der Waals surface area (Å²) in [5.41, 5.74) is 0.801. The van der Waals surface area contributed by atoms with Gasteiger partial charge in [-0.1, -0.05) is 29.3 Å². The summed E-state index contributed by atoms with van der Waals surface area (Å²) in [6, 6.07) is 5.22. The summed E-state index contributed by atoms with van der Waals surface area (Å²) in [6.45, 7) is 0.846. The number of hydrogen-bond acceptors (Lipinski definition) is 2. The lowest BCUT2D eigenvalue weighted by Crippen LogP contribution is -2.01. The molecule has 1 N–H and O–H groups in total. The van der Waals surface area contributed by atoms with E-state index in [9.17, 15) is 5.11 Å². The van der Waals surface area contributed by atoms with Crippen molar-refractivity contribution < 1.29 is 5.11 Å². The van der Waals surface area contributed by atoms with Gasteiger partial charge in [-0.2, -0.15) is 0 Å². The van der Waals surface area contributed by atoms with Gasteiger partial charge in [-0.05, 0) is 30.5 Å². The van der Waals surface area contributed by atoms with Gasteiger partial charge in [0.25, 0.3) is 0 Å². The molecule has 5 heteroatoms. The fraction of sp³-hybridized carbons (Fsp3) is 0.308. The smallest absolute Gasteiger partial charge is 0.0945 e. The second-order valence-corrected chi connectivity index (χ2v) is 4.95. The molecule has 2 aromatic rings. The largest absolute Gasteiger partial charge is 0.388 e. The highest BCUT2D eigenvalue weighted by Crippen LogP contribution is 2.27. The van der Waals surface area contributed by atoms with E-state index in [0.29, 0.717) is 16.5 Å². The lowest BCUT2D eigenvalue weighted by Gasteiger charge is -2.12. The molecule has 0 aliphatic carbocycles. The van der Waals surface area contributed by atoms with Crippen LogP contribution < -0.4 is 0 Å². The fourth-order valence-corrected chi connectivity index (χ4v) is 2.08. The summed E-state index contributed by atoms with van der Waals surface area (Å²) in [7, 11) is 0. The Labute approximate surface area is 116 Å². The topological polar surface area (TPSA) is 38.0 Å². The molecule has 18 heavy (non-hydrogen) atoms. The molecule has 1 heterocycles. The van der Waals surface area contributed by atoms with Gasteiger partial charge in [0.15, 0.2) is 0 Å². The number of imidazole rings is 1. The molecule has 1 aromatic heterocycles. The molecule has 0 bridgehead atoms. The maximum absolute atomic E-state index is 10.0. The number of halogens is 2. The number of aromatic nitrogens is 2. The predicted octanol–water partition coefficient (Wildman–Crippen LogP) is 3.70. The van der Waals surface area contributed by atoms with Crippen molar-refractivity contribution in [1.29, 1.82) is 0 Å². The molecule has 2 rings (SSSR count). The third kappa shape index (κ3) is 3.48. The molecular formula is C13H14Cl2N2O. The Bertz CT molecular complexity index is 500. The molecule has 0 aliphatic heterocycles. The van der Waals surface area contributed by atoms with E-state index in [2.05, 4.69) is 4.98 Å². The van der Waals surface area contributed by atoms with Crippen LogP contribution in [0.3, 0.4) is 0 Å². The Kier molecular flexibility index (Phi) is 4.64. The number of aliphatic hydroxyl groups excluding tert-OH is 1. The van der Waals surface area contributed by atoms with Crippen LogP contribution in [0.25, 0.3) is 0 Å². The van der Waals surface area contributed by atoms with Crippen LogP contribution in [0.15, 0.2) is 36.9 Å². The van der Waals surface area contributed by atoms with Crippen LogP contribution >= 0.6 is 23.2 Å². The van der Waals surface area contributed by atoms with Crippen molar-refractivity contribution in [2.24, 2.45) is 0 Å². The van der Waals surface area contributed by atoms with Gasteiger partial charge in [0.2, 0.25) is 0 Å². The second-order valence-electron chi connectivity index (χ2n) is 4.13. The van der Waals surface area contributed by atoms with Gasteiger partial charge in [0, 0.05) is 18.9 Å². The van der Waals surface area contributed by atoms with Crippen LogP contribution in [0.4, 0.5) is 0 Å². The van der Waals surface area contributed by atoms with Crippen LogP contribution in [0.2, 0.25) is 10.0 Å². The first-order valence-electron chi connectivity index (χ1n) is 5.75. The first-order valence-corrected chi connectivity index (χ1v) is 6.51. The minimum absolute atomic E-state index is 0.475. The quantitative estimate of drug-likeness (QED) is 0.909. The molecule has 0 amide bonds. The van der Waals surface area contributed by atoms with Gasteiger partial charge in [0.05, 0.1) is 22.5 Å². The standard InChI is InChI=1S/C13H14Cl2N2O/c14-11-4-3-10(8-12(11)15)13(18)2-1-6-17-7-5-16-9-17/h3-5,7-9,13,18H,1-2,6H2/t13-/m1/s1. The van der Waals surface area contributed by atoms with Crippen LogP contribution in [0, 0.1) is 0 Å². The Morgan fingerprint density at radius 3 is 2.78 bits per heavy atom. The van der Waals surface area contributed by atoms with Crippen molar-refractivity contribution in [3.63, 3.8) is 0 Å². The summed E-state index contributed by atoms with van der Waals surface area (Å²) in [5, 5.41) is 11.0. The Morgan fingerprint density at radius 1 is 1.28 bits per heavy atom. The number of aliphatic hydroxyl groups is 1. The fourth-order valence-electron chi connectivity index (χ4n) is 1.77. The van der Waals surface area contributed by atoms with E-state index in [-0.39, 0.29) is 0 Å². The van der Waals surface area contributed by atoms with E-state index in [4.69, 9.17) is 23.2 Å². The minimum atomic E-state index is -0.511. The average Bonchev–Trinajstić information content (AvgIpc) is 2.85. The maximum Gasteiger partial charge on any atom is 0.0945 e. The van der Waals surface area contributed by atoms with Gasteiger partial charge in [-0.3, -0.25) is 0 Å². The van der Waals surface area contributed by atoms with E-state index >= 15 is 0 Å². The van der Waals surface area contributed by atoms with Gasteiger partial charge in [-0.15, -0.1) is 0 Å². The van der Waals surface area contributed by atoms with Crippen LogP contribution in [0.1, 0.15) is 24.5 Å². The lowest BCUT2D eigenvalue weighted by molar-refractivity contribution is 0.162. The van der Waals surface area contributed by atoms with E-state index in [1.165, 1.54) is 0 Å². The van der Waals surface area contributed by atoms with Crippen molar-refractivity contribution >= 4 is 23.2 Å². The highest BCUT2D eigenvalue weighted by molar-refractivity contribution is 6.42. The highest BCUT2D eigenvalue weighted by atomic mass is 35.5. The number of benzene rings is 1. The summed E-state index contributed by atoms with van der Waals surface area (Å²) in [6.07, 6.45) is 6.46. The molecule has 1 aromatic carbocycles. The zero-order valence-corrected chi connectivity index (χ0v) is 11.3. The van der Waals surface area contributed by atoms with Crippen LogP contribution in [-0.4, -0.2) is 14.7 Å². The van der Waals surface area contributed by atoms with Crippen molar-refractivity contribution in [1.82, 2.24) is 9.55 Å². The zero-order chi connectivity index (χ0) is 13.0. The van der Waals surface area contributed by atoms with Gasteiger partial charge in [0.1, 0.15) is 0 Å². The molecule has 0 fully saturated rings. The van der Waals surface area contributed by atoms with Crippen LogP contribution in [0.5, 0.6) is 0 Å². The van der Waals surface area contributed by atoms with E-state index < -0.39 is 6.10 Å². The Hall–Kier alpha value is -1.03. The molecule has 3 nitrogen and oxygen atoms in total. The third-order valence-electron chi connectivity index (χ3n) is 2.78. The van der Waals surface area contributed by atoms with Gasteiger partial charge >= 0.3 is 0 Å². The Balaban J connectivity index is 1.87. The first-order chi connectivity index (χ1) is 8.66. The van der Waals surface area contributed by atoms with Crippen LogP contribution in [-0.2, 0) is 6.54 Å². The lowest BCUT2D eigenvalue weighted by atomic mass is 10.1. The van der Waals surface area contributed by atoms with Crippen molar-refractivity contribution in [3.8, 4) is 0 Å². The molecular weight excluding hydrogens is 271 g/mol. The van der Waals surface area contributed by atoms with E-state index in [1.807, 2.05) is 10.8 Å². The summed E-state index contributed by atoms with van der Waals surface area (Å²) in [5.74, 6) is 0. The normalized spacial score (nSPS) is 12.6. The minimum Gasteiger partial charge on any atom is -0.388 e. The second kappa shape index (κ2) is 6.23. The highest BCUT2D eigenvalue weighted by Gasteiger charge is 2.09. The summed E-state index contributed by atoms with van der Waals surface area (Å²) >= 11 is 11.8. The molecule has 1 atom stereocenters. The SMILES string of the molecule is O[C@H](CCCn1ccnc1)c1ccc(Cl)c(Cl)c1. The molecule has 0 radical (unpaired) electrons. The van der Waals surface area contributed by atoms with Crippen molar-refractivity contribution in [2.45, 2.75) is 25.5 Å². The molecule has 0 unspecified atom stereocenters. The number of hydrogen-bond donors (Lipinski definition) is 1. The molecule has 0 aliphatic rings. The number of aryl methyl sites for hydroxylation is 1. The van der Waals surface area contributed by atoms with Crippen molar-refractivity contribution in [2.75, 3.05) is 0 Å². The molecule has 0 saturated carbocycles. The predicted molar refractivity (Wildman–Crippen MR) is 72.9 cm³/mol. The molecule has 96 valence electrons. The monoisotopic (exact) mass is 284 g/mol. The molecule has 0 saturated heterocycles. The third-order valence-corrected chi connectivity index (χ3v) is 3.52. The average molecular weight is 285 g/mol. The Morgan fingerprint density at radius 2 is 2.11 bits per heavy atom. The number of nitrogens with zero attached hydrogens (tertiary/aromatic N) is 2. The van der Waals surface area contributed by atoms with Crippen molar-refractivity contribution in [3.05, 3.63) is 52.5 Å². The first kappa shape index (κ1) is 13.4. The van der Waals surface area contributed by atoms with E-state index in [1.54, 1.807) is 30.7 Å². The molecule has 0 spiro atoms. The summed E-state index contributed by atoms with van der Waals surface area (Å²) < 4.78 is 1.99.